The molecule has 2 atom stereocenters. The zero-order valence-electron chi connectivity index (χ0n) is 8.63. The second kappa shape index (κ2) is 3.73. The second-order valence-electron chi connectivity index (χ2n) is 4.94. The van der Waals surface area contributed by atoms with Crippen molar-refractivity contribution in [2.45, 2.75) is 38.7 Å². The monoisotopic (exact) mass is 174 g/mol. The van der Waals surface area contributed by atoms with Crippen molar-refractivity contribution in [3.05, 3.63) is 24.3 Å². The Morgan fingerprint density at radius 1 is 1.62 bits per heavy atom. The number of allylic oxidation sites excluding steroid dienone is 3. The molecule has 2 unspecified atom stereocenters. The van der Waals surface area contributed by atoms with E-state index in [0.717, 1.165) is 18.5 Å². The average molecular weight is 174 g/mol. The van der Waals surface area contributed by atoms with Gasteiger partial charge in [-0.3, -0.25) is 0 Å². The van der Waals surface area contributed by atoms with Crippen molar-refractivity contribution in [2.24, 2.45) is 11.8 Å². The first-order valence-electron chi connectivity index (χ1n) is 5.56. The third-order valence-electron chi connectivity index (χ3n) is 3.57. The number of hydrogen-bond acceptors (Lipinski definition) is 0. The first kappa shape index (κ1) is 9.11. The minimum atomic E-state index is 0.900. The molecule has 0 radical (unpaired) electrons. The van der Waals surface area contributed by atoms with Gasteiger partial charge in [0.1, 0.15) is 6.71 Å². The largest absolute Gasteiger partial charge is 0.144 e. The van der Waals surface area contributed by atoms with Crippen LogP contribution in [0.2, 0.25) is 19.0 Å². The smallest absolute Gasteiger partial charge is 0.104 e. The van der Waals surface area contributed by atoms with Crippen LogP contribution in [0.1, 0.15) is 19.8 Å². The lowest BCUT2D eigenvalue weighted by Crippen LogP contribution is -2.30. The van der Waals surface area contributed by atoms with Gasteiger partial charge in [-0.2, -0.15) is 0 Å². The summed E-state index contributed by atoms with van der Waals surface area (Å²) < 4.78 is 0. The quantitative estimate of drug-likeness (QED) is 0.442. The molecule has 0 N–H and O–H groups in total. The molecule has 1 fully saturated rings. The Balaban J connectivity index is 2.02. The highest BCUT2D eigenvalue weighted by atomic mass is 14.3. The predicted octanol–water partition coefficient (Wildman–Crippen LogP) is 3.65. The first-order chi connectivity index (χ1) is 6.28. The Bertz CT molecular complexity index is 229. The van der Waals surface area contributed by atoms with Gasteiger partial charge in [0.2, 0.25) is 0 Å². The fourth-order valence-corrected chi connectivity index (χ4v) is 3.27. The van der Waals surface area contributed by atoms with Gasteiger partial charge in [-0.05, 0) is 31.6 Å². The van der Waals surface area contributed by atoms with E-state index in [9.17, 15) is 0 Å². The van der Waals surface area contributed by atoms with Crippen LogP contribution in [0.5, 0.6) is 0 Å². The summed E-state index contributed by atoms with van der Waals surface area (Å²) in [4.78, 5) is 0. The molecular weight excluding hydrogens is 155 g/mol. The van der Waals surface area contributed by atoms with Crippen LogP contribution in [0.4, 0.5) is 0 Å². The van der Waals surface area contributed by atoms with Gasteiger partial charge in [0.15, 0.2) is 0 Å². The van der Waals surface area contributed by atoms with E-state index >= 15 is 0 Å². The van der Waals surface area contributed by atoms with Gasteiger partial charge in [0, 0.05) is 0 Å². The molecule has 70 valence electrons. The van der Waals surface area contributed by atoms with Gasteiger partial charge in [-0.1, -0.05) is 36.7 Å². The van der Waals surface area contributed by atoms with Crippen LogP contribution >= 0.6 is 0 Å². The van der Waals surface area contributed by atoms with E-state index in [1.807, 2.05) is 0 Å². The highest BCUT2D eigenvalue weighted by Gasteiger charge is 2.31. The average Bonchev–Trinajstić information content (AvgIpc) is 2.01. The molecule has 2 rings (SSSR count). The lowest BCUT2D eigenvalue weighted by atomic mass is 9.35. The number of rotatable bonds is 2. The summed E-state index contributed by atoms with van der Waals surface area (Å²) in [6.07, 6.45) is 11.6. The highest BCUT2D eigenvalue weighted by molar-refractivity contribution is 6.59. The lowest BCUT2D eigenvalue weighted by molar-refractivity contribution is 0.409. The fraction of sp³-hybridized carbons (Fsp3) is 0.667. The molecule has 1 aliphatic heterocycles. The van der Waals surface area contributed by atoms with E-state index in [1.165, 1.54) is 31.8 Å². The van der Waals surface area contributed by atoms with Crippen molar-refractivity contribution in [1.29, 1.82) is 0 Å². The van der Waals surface area contributed by atoms with Crippen molar-refractivity contribution in [3.8, 4) is 0 Å². The summed E-state index contributed by atoms with van der Waals surface area (Å²) in [7, 11) is 0. The van der Waals surface area contributed by atoms with Gasteiger partial charge >= 0.3 is 0 Å². The molecule has 0 aromatic rings. The molecule has 1 heteroatoms. The maximum absolute atomic E-state index is 3.85. The highest BCUT2D eigenvalue weighted by Crippen LogP contribution is 2.40. The van der Waals surface area contributed by atoms with E-state index < -0.39 is 0 Å². The Kier molecular flexibility index (Phi) is 2.62. The normalized spacial score (nSPS) is 32.7. The molecule has 0 nitrogen and oxygen atoms in total. The Hall–Kier alpha value is -0.455. The Labute approximate surface area is 82.2 Å². The summed E-state index contributed by atoms with van der Waals surface area (Å²) in [5, 5.41) is 0. The summed E-state index contributed by atoms with van der Waals surface area (Å²) >= 11 is 0. The van der Waals surface area contributed by atoms with Crippen LogP contribution in [0.3, 0.4) is 0 Å². The van der Waals surface area contributed by atoms with Crippen molar-refractivity contribution in [3.63, 3.8) is 0 Å². The molecule has 0 spiro atoms. The van der Waals surface area contributed by atoms with E-state index in [1.54, 1.807) is 5.57 Å². The van der Waals surface area contributed by atoms with Gasteiger partial charge in [-0.15, -0.1) is 6.58 Å². The summed E-state index contributed by atoms with van der Waals surface area (Å²) in [6, 6.07) is 0. The van der Waals surface area contributed by atoms with E-state index in [0.29, 0.717) is 0 Å². The number of hydrogen-bond donors (Lipinski definition) is 0. The molecular formula is C12H19B. The molecule has 2 aliphatic rings. The molecule has 2 bridgehead atoms. The molecule has 0 amide bonds. The molecule has 1 aliphatic carbocycles. The molecule has 1 saturated heterocycles. The minimum absolute atomic E-state index is 0.900. The Morgan fingerprint density at radius 2 is 2.46 bits per heavy atom. The second-order valence-corrected chi connectivity index (χ2v) is 4.94. The third-order valence-corrected chi connectivity index (χ3v) is 3.57. The molecule has 1 heterocycles. The van der Waals surface area contributed by atoms with E-state index in [-0.39, 0.29) is 0 Å². The molecule has 0 aromatic heterocycles. The van der Waals surface area contributed by atoms with Gasteiger partial charge in [-0.25, -0.2) is 0 Å². The maximum atomic E-state index is 3.85. The standard InChI is InChI=1S/C12H19B/c1-3-4-13-8-11-5-10(2)6-12(7-11)9-13/h3,5,11-12H,1,4,6-9H2,2H3. The fourth-order valence-electron chi connectivity index (χ4n) is 3.27. The maximum Gasteiger partial charge on any atom is 0.144 e. The molecule has 0 saturated carbocycles. The van der Waals surface area contributed by atoms with Gasteiger partial charge in [0.05, 0.1) is 0 Å². The van der Waals surface area contributed by atoms with Crippen molar-refractivity contribution in [2.75, 3.05) is 0 Å². The topological polar surface area (TPSA) is 0 Å². The third kappa shape index (κ3) is 2.07. The summed E-state index contributed by atoms with van der Waals surface area (Å²) in [6.45, 7) is 7.08. The Morgan fingerprint density at radius 3 is 3.15 bits per heavy atom. The molecule has 13 heavy (non-hydrogen) atoms. The first-order valence-corrected chi connectivity index (χ1v) is 5.56. The van der Waals surface area contributed by atoms with E-state index in [2.05, 4.69) is 25.7 Å². The van der Waals surface area contributed by atoms with Crippen LogP contribution in [-0.2, 0) is 0 Å². The van der Waals surface area contributed by atoms with Crippen molar-refractivity contribution >= 4 is 6.71 Å². The van der Waals surface area contributed by atoms with Crippen molar-refractivity contribution in [1.82, 2.24) is 0 Å². The molecule has 0 aromatic carbocycles. The zero-order valence-corrected chi connectivity index (χ0v) is 8.63. The van der Waals surface area contributed by atoms with Crippen LogP contribution < -0.4 is 0 Å². The van der Waals surface area contributed by atoms with Crippen LogP contribution in [-0.4, -0.2) is 6.71 Å². The van der Waals surface area contributed by atoms with Crippen LogP contribution in [0, 0.1) is 11.8 Å². The predicted molar refractivity (Wildman–Crippen MR) is 60.3 cm³/mol. The van der Waals surface area contributed by atoms with E-state index in [4.69, 9.17) is 0 Å². The van der Waals surface area contributed by atoms with Gasteiger partial charge in [0.25, 0.3) is 0 Å². The van der Waals surface area contributed by atoms with Gasteiger partial charge < -0.3 is 0 Å². The SMILES string of the molecule is C=CCB1CC2C=C(C)CC(C1)C2. The lowest BCUT2D eigenvalue weighted by Gasteiger charge is -2.36. The van der Waals surface area contributed by atoms with Crippen molar-refractivity contribution < 1.29 is 0 Å². The van der Waals surface area contributed by atoms with Crippen LogP contribution in [0.25, 0.3) is 0 Å². The summed E-state index contributed by atoms with van der Waals surface area (Å²) in [5.74, 6) is 1.89. The summed E-state index contributed by atoms with van der Waals surface area (Å²) in [5.41, 5.74) is 1.64. The number of fused-ring (bicyclic) bond motifs is 2. The van der Waals surface area contributed by atoms with Crippen LogP contribution in [0.15, 0.2) is 24.3 Å². The zero-order chi connectivity index (χ0) is 9.26. The minimum Gasteiger partial charge on any atom is -0.104 e.